The van der Waals surface area contributed by atoms with Gasteiger partial charge in [-0.15, -0.1) is 22.7 Å². The zero-order valence-electron chi connectivity index (χ0n) is 15.0. The first-order chi connectivity index (χ1) is 12.6. The molecular weight excluding hydrogens is 362 g/mol. The second kappa shape index (κ2) is 9.05. The number of aromatic nitrogens is 2. The lowest BCUT2D eigenvalue weighted by atomic mass is 10.0. The number of hydrogen-bond acceptors (Lipinski definition) is 5. The number of benzene rings is 1. The minimum absolute atomic E-state index is 0.00123. The maximum absolute atomic E-state index is 12.4. The topological polar surface area (TPSA) is 54.9 Å². The second-order valence-electron chi connectivity index (χ2n) is 6.61. The molecule has 2 heterocycles. The van der Waals surface area contributed by atoms with Gasteiger partial charge in [0.1, 0.15) is 5.01 Å². The molecule has 0 aliphatic carbocycles. The van der Waals surface area contributed by atoms with E-state index in [0.717, 1.165) is 27.7 Å². The molecule has 0 spiro atoms. The van der Waals surface area contributed by atoms with Gasteiger partial charge in [0.05, 0.1) is 16.7 Å². The van der Waals surface area contributed by atoms with Gasteiger partial charge in [0, 0.05) is 35.4 Å². The average molecular weight is 386 g/mol. The third-order valence-electron chi connectivity index (χ3n) is 3.98. The van der Waals surface area contributed by atoms with Crippen LogP contribution >= 0.6 is 22.7 Å². The number of carbonyl (C=O) groups is 1. The predicted octanol–water partition coefficient (Wildman–Crippen LogP) is 5.10. The molecule has 26 heavy (non-hydrogen) atoms. The Morgan fingerprint density at radius 3 is 2.69 bits per heavy atom. The summed E-state index contributed by atoms with van der Waals surface area (Å²) in [5.41, 5.74) is 2.09. The highest BCUT2D eigenvalue weighted by Crippen LogP contribution is 2.24. The summed E-state index contributed by atoms with van der Waals surface area (Å²) in [5.74, 6) is 0.555. The number of thiazole rings is 2. The molecule has 4 nitrogen and oxygen atoms in total. The molecule has 0 saturated carbocycles. The number of carbonyl (C=O) groups excluding carboxylic acids is 1. The van der Waals surface area contributed by atoms with E-state index in [1.807, 2.05) is 23.6 Å². The summed E-state index contributed by atoms with van der Waals surface area (Å²) in [4.78, 5) is 21.5. The van der Waals surface area contributed by atoms with Gasteiger partial charge in [0.15, 0.2) is 0 Å². The fourth-order valence-corrected chi connectivity index (χ4v) is 4.26. The van der Waals surface area contributed by atoms with Gasteiger partial charge in [0.25, 0.3) is 0 Å². The molecule has 2 aromatic heterocycles. The van der Waals surface area contributed by atoms with Crippen LogP contribution < -0.4 is 5.32 Å². The number of aryl methyl sites for hydroxylation is 1. The van der Waals surface area contributed by atoms with Gasteiger partial charge in [-0.25, -0.2) is 9.97 Å². The SMILES string of the molecule is CC(C)CC(NC(=O)CCc1nc(-c2ccccc2)cs1)c1nccs1. The molecule has 0 aliphatic heterocycles. The lowest BCUT2D eigenvalue weighted by Gasteiger charge is -2.18. The quantitative estimate of drug-likeness (QED) is 0.587. The predicted molar refractivity (Wildman–Crippen MR) is 108 cm³/mol. The first-order valence-corrected chi connectivity index (χ1v) is 10.6. The van der Waals surface area contributed by atoms with E-state index in [2.05, 4.69) is 46.6 Å². The van der Waals surface area contributed by atoms with Crippen LogP contribution in [-0.4, -0.2) is 15.9 Å². The van der Waals surface area contributed by atoms with Crippen LogP contribution in [0.1, 0.15) is 42.7 Å². The van der Waals surface area contributed by atoms with Crippen molar-refractivity contribution >= 4 is 28.6 Å². The van der Waals surface area contributed by atoms with Crippen molar-refractivity contribution < 1.29 is 4.79 Å². The highest BCUT2D eigenvalue weighted by Gasteiger charge is 2.18. The fourth-order valence-electron chi connectivity index (χ4n) is 2.75. The highest BCUT2D eigenvalue weighted by molar-refractivity contribution is 7.10. The van der Waals surface area contributed by atoms with E-state index < -0.39 is 0 Å². The molecule has 1 aromatic carbocycles. The van der Waals surface area contributed by atoms with Crippen molar-refractivity contribution in [3.05, 3.63) is 57.3 Å². The van der Waals surface area contributed by atoms with Crippen LogP contribution in [0.25, 0.3) is 11.3 Å². The lowest BCUT2D eigenvalue weighted by Crippen LogP contribution is -2.29. The molecule has 6 heteroatoms. The first kappa shape index (κ1) is 18.7. The van der Waals surface area contributed by atoms with Crippen LogP contribution in [0.3, 0.4) is 0 Å². The Bertz CT molecular complexity index is 813. The summed E-state index contributed by atoms with van der Waals surface area (Å²) in [6, 6.07) is 10.1. The van der Waals surface area contributed by atoms with Crippen molar-refractivity contribution in [3.8, 4) is 11.3 Å². The third-order valence-corrected chi connectivity index (χ3v) is 5.78. The minimum atomic E-state index is -0.00123. The molecule has 136 valence electrons. The molecule has 1 amide bonds. The number of nitrogens with zero attached hydrogens (tertiary/aromatic N) is 2. The molecule has 3 rings (SSSR count). The Morgan fingerprint density at radius 2 is 2.00 bits per heavy atom. The summed E-state index contributed by atoms with van der Waals surface area (Å²) < 4.78 is 0. The summed E-state index contributed by atoms with van der Waals surface area (Å²) in [6.07, 6.45) is 3.80. The molecule has 1 unspecified atom stereocenters. The van der Waals surface area contributed by atoms with Crippen molar-refractivity contribution in [1.82, 2.24) is 15.3 Å². The van der Waals surface area contributed by atoms with Crippen LogP contribution in [0.15, 0.2) is 47.3 Å². The van der Waals surface area contributed by atoms with Gasteiger partial charge in [-0.3, -0.25) is 4.79 Å². The van der Waals surface area contributed by atoms with Crippen LogP contribution in [0.5, 0.6) is 0 Å². The normalized spacial score (nSPS) is 12.3. The highest BCUT2D eigenvalue weighted by atomic mass is 32.1. The Hall–Kier alpha value is -2.05. The second-order valence-corrected chi connectivity index (χ2v) is 8.48. The zero-order valence-corrected chi connectivity index (χ0v) is 16.6. The Balaban J connectivity index is 1.56. The minimum Gasteiger partial charge on any atom is -0.347 e. The Labute approximate surface area is 162 Å². The van der Waals surface area contributed by atoms with Crippen molar-refractivity contribution in [1.29, 1.82) is 0 Å². The van der Waals surface area contributed by atoms with Crippen molar-refractivity contribution in [3.63, 3.8) is 0 Å². The summed E-state index contributed by atoms with van der Waals surface area (Å²) in [6.45, 7) is 4.32. The first-order valence-electron chi connectivity index (χ1n) is 8.80. The van der Waals surface area contributed by atoms with Crippen LogP contribution in [0.2, 0.25) is 0 Å². The van der Waals surface area contributed by atoms with E-state index in [1.165, 1.54) is 0 Å². The largest absolute Gasteiger partial charge is 0.347 e. The number of amides is 1. The van der Waals surface area contributed by atoms with Crippen LogP contribution in [-0.2, 0) is 11.2 Å². The summed E-state index contributed by atoms with van der Waals surface area (Å²) in [7, 11) is 0. The number of hydrogen-bond donors (Lipinski definition) is 1. The van der Waals surface area contributed by atoms with Crippen LogP contribution in [0.4, 0.5) is 0 Å². The van der Waals surface area contributed by atoms with E-state index >= 15 is 0 Å². The molecule has 1 atom stereocenters. The zero-order chi connectivity index (χ0) is 18.4. The molecule has 1 N–H and O–H groups in total. The van der Waals surface area contributed by atoms with Gasteiger partial charge >= 0.3 is 0 Å². The van der Waals surface area contributed by atoms with E-state index in [1.54, 1.807) is 28.9 Å². The van der Waals surface area contributed by atoms with Crippen molar-refractivity contribution in [2.24, 2.45) is 5.92 Å². The molecule has 3 aromatic rings. The van der Waals surface area contributed by atoms with Crippen molar-refractivity contribution in [2.75, 3.05) is 0 Å². The number of rotatable bonds is 8. The Kier molecular flexibility index (Phi) is 6.52. The van der Waals surface area contributed by atoms with Gasteiger partial charge in [0.2, 0.25) is 5.91 Å². The van der Waals surface area contributed by atoms with E-state index in [0.29, 0.717) is 18.8 Å². The maximum atomic E-state index is 12.4. The third kappa shape index (κ3) is 5.22. The average Bonchev–Trinajstić information content (AvgIpc) is 3.32. The van der Waals surface area contributed by atoms with E-state index in [-0.39, 0.29) is 11.9 Å². The van der Waals surface area contributed by atoms with Crippen LogP contribution in [0, 0.1) is 5.92 Å². The lowest BCUT2D eigenvalue weighted by molar-refractivity contribution is -0.121. The molecular formula is C20H23N3OS2. The summed E-state index contributed by atoms with van der Waals surface area (Å²) >= 11 is 3.21. The molecule has 0 saturated heterocycles. The summed E-state index contributed by atoms with van der Waals surface area (Å²) in [5, 5.41) is 9.13. The van der Waals surface area contributed by atoms with E-state index in [9.17, 15) is 4.79 Å². The standard InChI is InChI=1S/C20H23N3OS2/c1-14(2)12-16(20-21-10-11-25-20)22-18(24)8-9-19-23-17(13-26-19)15-6-4-3-5-7-15/h3-7,10-11,13-14,16H,8-9,12H2,1-2H3,(H,22,24). The van der Waals surface area contributed by atoms with Gasteiger partial charge in [-0.2, -0.15) is 0 Å². The molecule has 0 bridgehead atoms. The number of nitrogens with one attached hydrogen (secondary N) is 1. The van der Waals surface area contributed by atoms with Gasteiger partial charge in [-0.05, 0) is 12.3 Å². The fraction of sp³-hybridized carbons (Fsp3) is 0.350. The monoisotopic (exact) mass is 385 g/mol. The van der Waals surface area contributed by atoms with Gasteiger partial charge in [-0.1, -0.05) is 44.2 Å². The smallest absolute Gasteiger partial charge is 0.220 e. The molecule has 0 aliphatic rings. The van der Waals surface area contributed by atoms with Gasteiger partial charge < -0.3 is 5.32 Å². The maximum Gasteiger partial charge on any atom is 0.220 e. The molecule has 0 fully saturated rings. The van der Waals surface area contributed by atoms with E-state index in [4.69, 9.17) is 0 Å². The van der Waals surface area contributed by atoms with Crippen molar-refractivity contribution in [2.45, 2.75) is 39.2 Å². The molecule has 0 radical (unpaired) electrons. The Morgan fingerprint density at radius 1 is 1.19 bits per heavy atom.